The highest BCUT2D eigenvalue weighted by atomic mass is 19.1. The van der Waals surface area contributed by atoms with Gasteiger partial charge >= 0.3 is 5.69 Å². The average molecular weight is 347 g/mol. The molecule has 0 spiro atoms. The number of H-pyrrole nitrogens is 2. The smallest absolute Gasteiger partial charge is 0.326 e. The molecule has 1 aromatic heterocycles. The molecule has 0 fully saturated rings. The highest BCUT2D eigenvalue weighted by molar-refractivity contribution is 6.09. The van der Waals surface area contributed by atoms with E-state index in [9.17, 15) is 18.8 Å². The minimum absolute atomic E-state index is 0.270. The van der Waals surface area contributed by atoms with E-state index >= 15 is 0 Å². The van der Waals surface area contributed by atoms with Crippen LogP contribution >= 0.6 is 0 Å². The van der Waals surface area contributed by atoms with Crippen molar-refractivity contribution in [1.29, 1.82) is 0 Å². The van der Waals surface area contributed by atoms with Gasteiger partial charge in [0.2, 0.25) is 0 Å². The fraction of sp³-hybridized carbons (Fsp3) is 0.312. The molecule has 8 nitrogen and oxygen atoms in total. The third-order valence-corrected chi connectivity index (χ3v) is 4.09. The van der Waals surface area contributed by atoms with Crippen molar-refractivity contribution in [2.75, 3.05) is 35.2 Å². The Bertz CT molecular complexity index is 936. The van der Waals surface area contributed by atoms with E-state index in [-0.39, 0.29) is 11.4 Å². The van der Waals surface area contributed by atoms with E-state index in [0.29, 0.717) is 24.5 Å². The predicted octanol–water partition coefficient (Wildman–Crippen LogP) is 0.661. The molecule has 2 aromatic rings. The van der Waals surface area contributed by atoms with Crippen LogP contribution in [0.1, 0.15) is 23.8 Å². The van der Waals surface area contributed by atoms with Crippen molar-refractivity contribution in [3.63, 3.8) is 0 Å². The predicted molar refractivity (Wildman–Crippen MR) is 92.7 cm³/mol. The van der Waals surface area contributed by atoms with Crippen molar-refractivity contribution in [3.8, 4) is 0 Å². The Morgan fingerprint density at radius 3 is 2.72 bits per heavy atom. The Balaban J connectivity index is 2.07. The monoisotopic (exact) mass is 347 g/mol. The summed E-state index contributed by atoms with van der Waals surface area (Å²) in [6.45, 7) is 3.57. The van der Waals surface area contributed by atoms with Gasteiger partial charge in [-0.2, -0.15) is 0 Å². The second kappa shape index (κ2) is 6.42. The number of fused-ring (bicyclic) bond motifs is 1. The number of aromatic amines is 2. The number of nitrogens with one attached hydrogen (secondary N) is 2. The van der Waals surface area contributed by atoms with Gasteiger partial charge in [0.25, 0.3) is 11.5 Å². The van der Waals surface area contributed by atoms with Crippen LogP contribution in [0.5, 0.6) is 0 Å². The second-order valence-electron chi connectivity index (χ2n) is 5.77. The SMILES string of the molecule is CCCN1CCN(C(=O)c2[nH]c(=O)[nH]c(=O)c2N)c2ccc(F)cc21. The molecular formula is C16H18FN5O3. The molecule has 0 bridgehead atoms. The van der Waals surface area contributed by atoms with Crippen LogP contribution in [0.3, 0.4) is 0 Å². The first-order valence-electron chi connectivity index (χ1n) is 7.90. The Kier molecular flexibility index (Phi) is 4.30. The number of nitrogen functional groups attached to an aromatic ring is 1. The molecule has 0 saturated carbocycles. The van der Waals surface area contributed by atoms with E-state index in [1.807, 2.05) is 16.8 Å². The van der Waals surface area contributed by atoms with Gasteiger partial charge in [0.1, 0.15) is 17.2 Å². The lowest BCUT2D eigenvalue weighted by atomic mass is 10.1. The maximum atomic E-state index is 13.7. The zero-order valence-electron chi connectivity index (χ0n) is 13.6. The van der Waals surface area contributed by atoms with Crippen LogP contribution in [0.25, 0.3) is 0 Å². The Labute approximate surface area is 142 Å². The number of hydrogen-bond donors (Lipinski definition) is 3. The van der Waals surface area contributed by atoms with E-state index in [4.69, 9.17) is 5.73 Å². The number of carbonyl (C=O) groups excluding carboxylic acids is 1. The Morgan fingerprint density at radius 2 is 2.00 bits per heavy atom. The van der Waals surface area contributed by atoms with Gasteiger partial charge in [-0.1, -0.05) is 6.92 Å². The van der Waals surface area contributed by atoms with E-state index in [1.54, 1.807) is 0 Å². The van der Waals surface area contributed by atoms with Crippen molar-refractivity contribution >= 4 is 23.0 Å². The maximum Gasteiger partial charge on any atom is 0.326 e. The van der Waals surface area contributed by atoms with Gasteiger partial charge in [-0.15, -0.1) is 0 Å². The summed E-state index contributed by atoms with van der Waals surface area (Å²) in [6.07, 6.45) is 0.873. The summed E-state index contributed by atoms with van der Waals surface area (Å²) in [5.41, 5.74) is 4.48. The van der Waals surface area contributed by atoms with Crippen LogP contribution < -0.4 is 26.8 Å². The van der Waals surface area contributed by atoms with Crippen molar-refractivity contribution in [2.45, 2.75) is 13.3 Å². The van der Waals surface area contributed by atoms with Gasteiger partial charge in [-0.3, -0.25) is 14.6 Å². The molecule has 4 N–H and O–H groups in total. The lowest BCUT2D eigenvalue weighted by Crippen LogP contribution is -2.45. The molecule has 2 heterocycles. The normalized spacial score (nSPS) is 13.7. The topological polar surface area (TPSA) is 115 Å². The summed E-state index contributed by atoms with van der Waals surface area (Å²) in [5.74, 6) is -1.01. The summed E-state index contributed by atoms with van der Waals surface area (Å²) in [7, 11) is 0. The molecule has 1 aliphatic heterocycles. The second-order valence-corrected chi connectivity index (χ2v) is 5.77. The van der Waals surface area contributed by atoms with E-state index in [2.05, 4.69) is 4.98 Å². The van der Waals surface area contributed by atoms with Gasteiger partial charge in [0.05, 0.1) is 11.4 Å². The van der Waals surface area contributed by atoms with Gasteiger partial charge in [0.15, 0.2) is 0 Å². The first-order valence-corrected chi connectivity index (χ1v) is 7.90. The van der Waals surface area contributed by atoms with Gasteiger partial charge in [-0.25, -0.2) is 9.18 Å². The van der Waals surface area contributed by atoms with Crippen LogP contribution in [0, 0.1) is 5.82 Å². The first-order chi connectivity index (χ1) is 11.9. The quantitative estimate of drug-likeness (QED) is 0.754. The molecule has 0 saturated heterocycles. The first kappa shape index (κ1) is 16.7. The summed E-state index contributed by atoms with van der Waals surface area (Å²) in [4.78, 5) is 43.6. The molecule has 0 radical (unpaired) electrons. The van der Waals surface area contributed by atoms with Crippen LogP contribution in [0.2, 0.25) is 0 Å². The molecule has 1 aliphatic rings. The summed E-state index contributed by atoms with van der Waals surface area (Å²) >= 11 is 0. The number of halogens is 1. The van der Waals surface area contributed by atoms with E-state index < -0.39 is 23.0 Å². The molecule has 0 unspecified atom stereocenters. The molecular weight excluding hydrogens is 329 g/mol. The fourth-order valence-electron chi connectivity index (χ4n) is 2.95. The summed E-state index contributed by atoms with van der Waals surface area (Å²) in [6, 6.07) is 4.14. The van der Waals surface area contributed by atoms with E-state index in [0.717, 1.165) is 13.0 Å². The zero-order valence-corrected chi connectivity index (χ0v) is 13.6. The summed E-state index contributed by atoms with van der Waals surface area (Å²) in [5, 5.41) is 0. The Morgan fingerprint density at radius 1 is 1.24 bits per heavy atom. The highest BCUT2D eigenvalue weighted by Crippen LogP contribution is 2.34. The van der Waals surface area contributed by atoms with Gasteiger partial charge < -0.3 is 20.5 Å². The largest absolute Gasteiger partial charge is 0.392 e. The van der Waals surface area contributed by atoms with Crippen LogP contribution in [-0.4, -0.2) is 35.5 Å². The van der Waals surface area contributed by atoms with Crippen molar-refractivity contribution in [1.82, 2.24) is 9.97 Å². The molecule has 132 valence electrons. The molecule has 0 aliphatic carbocycles. The summed E-state index contributed by atoms with van der Waals surface area (Å²) < 4.78 is 13.7. The number of nitrogens with two attached hydrogens (primary N) is 1. The number of aromatic nitrogens is 2. The van der Waals surface area contributed by atoms with E-state index in [1.165, 1.54) is 23.1 Å². The number of rotatable bonds is 3. The number of hydrogen-bond acceptors (Lipinski definition) is 5. The minimum Gasteiger partial charge on any atom is -0.392 e. The average Bonchev–Trinajstić information content (AvgIpc) is 2.58. The molecule has 9 heteroatoms. The fourth-order valence-corrected chi connectivity index (χ4v) is 2.95. The zero-order chi connectivity index (χ0) is 18.1. The van der Waals surface area contributed by atoms with Crippen molar-refractivity contribution in [2.24, 2.45) is 0 Å². The standard InChI is InChI=1S/C16H18FN5O3/c1-2-5-21-6-7-22(10-4-3-9(17)8-11(10)21)15(24)13-12(18)14(23)20-16(25)19-13/h3-4,8H,2,5-7,18H2,1H3,(H2,19,20,23,25). The molecule has 1 amide bonds. The van der Waals surface area contributed by atoms with Crippen LogP contribution in [0.4, 0.5) is 21.5 Å². The van der Waals surface area contributed by atoms with Gasteiger partial charge in [-0.05, 0) is 24.6 Å². The molecule has 3 rings (SSSR count). The number of nitrogens with zero attached hydrogens (tertiary/aromatic N) is 2. The van der Waals surface area contributed by atoms with Gasteiger partial charge in [0, 0.05) is 19.6 Å². The third-order valence-electron chi connectivity index (χ3n) is 4.09. The molecule has 1 aromatic carbocycles. The number of carbonyl (C=O) groups is 1. The number of amides is 1. The highest BCUT2D eigenvalue weighted by Gasteiger charge is 2.29. The molecule has 0 atom stereocenters. The maximum absolute atomic E-state index is 13.7. The van der Waals surface area contributed by atoms with Crippen LogP contribution in [0.15, 0.2) is 27.8 Å². The van der Waals surface area contributed by atoms with Crippen LogP contribution in [-0.2, 0) is 0 Å². The third kappa shape index (κ3) is 3.00. The van der Waals surface area contributed by atoms with Crippen molar-refractivity contribution < 1.29 is 9.18 Å². The lowest BCUT2D eigenvalue weighted by Gasteiger charge is -2.37. The minimum atomic E-state index is -0.823. The molecule has 25 heavy (non-hydrogen) atoms. The number of benzene rings is 1. The Hall–Kier alpha value is -3.10. The lowest BCUT2D eigenvalue weighted by molar-refractivity contribution is 0.0982. The number of anilines is 3. The van der Waals surface area contributed by atoms with Crippen molar-refractivity contribution in [3.05, 3.63) is 50.5 Å².